The minimum atomic E-state index is -4.57. The quantitative estimate of drug-likeness (QED) is 0.470. The smallest absolute Gasteiger partial charge is 0.353 e. The monoisotopic (exact) mass is 411 g/mol. The molecular weight excluding hydrogens is 398 g/mol. The van der Waals surface area contributed by atoms with E-state index in [0.717, 1.165) is 6.07 Å². The lowest BCUT2D eigenvalue weighted by Gasteiger charge is -2.13. The first-order chi connectivity index (χ1) is 12.4. The van der Waals surface area contributed by atoms with Gasteiger partial charge in [0, 0.05) is 13.5 Å². The largest absolute Gasteiger partial charge is 0.389 e. The number of alkyl halides is 3. The Balaban J connectivity index is 2.94. The maximum absolute atomic E-state index is 13.6. The van der Waals surface area contributed by atoms with Crippen LogP contribution in [0.4, 0.5) is 23.2 Å². The standard InChI is InChI=1S/C15H14ClF4N3O4/c1-21-14(27)11(24)6-22-13(26)7-4-8(16)9(17)5-10(7)23-12(25)2-3-15(18,19)20/h4-5H,2-3,6H2,1H3,(H,21,27)(H,22,26)(H,23,25). The third-order valence-electron chi connectivity index (χ3n) is 3.10. The minimum absolute atomic E-state index is 0.397. The summed E-state index contributed by atoms with van der Waals surface area (Å²) in [5.41, 5.74) is -0.833. The van der Waals surface area contributed by atoms with Crippen molar-refractivity contribution in [1.29, 1.82) is 0 Å². The molecule has 148 valence electrons. The van der Waals surface area contributed by atoms with Crippen molar-refractivity contribution in [2.45, 2.75) is 19.0 Å². The third-order valence-corrected chi connectivity index (χ3v) is 3.39. The van der Waals surface area contributed by atoms with Crippen LogP contribution in [0.3, 0.4) is 0 Å². The molecule has 0 aliphatic carbocycles. The van der Waals surface area contributed by atoms with Crippen molar-refractivity contribution in [1.82, 2.24) is 10.6 Å². The SMILES string of the molecule is CNC(=O)C(=O)CNC(=O)c1cc(Cl)c(F)cc1NC(=O)CCC(F)(F)F. The van der Waals surface area contributed by atoms with Gasteiger partial charge in [0.1, 0.15) is 5.82 Å². The second-order valence-corrected chi connectivity index (χ2v) is 5.57. The fourth-order valence-corrected chi connectivity index (χ4v) is 1.95. The summed E-state index contributed by atoms with van der Waals surface area (Å²) in [6.45, 7) is -0.699. The van der Waals surface area contributed by atoms with Crippen LogP contribution in [0.25, 0.3) is 0 Å². The molecule has 0 bridgehead atoms. The number of carbonyl (C=O) groups is 4. The summed E-state index contributed by atoms with van der Waals surface area (Å²) in [6.07, 6.45) is -6.91. The molecule has 0 spiro atoms. The van der Waals surface area contributed by atoms with Gasteiger partial charge < -0.3 is 16.0 Å². The van der Waals surface area contributed by atoms with E-state index in [1.54, 1.807) is 0 Å². The van der Waals surface area contributed by atoms with E-state index in [4.69, 9.17) is 11.6 Å². The highest BCUT2D eigenvalue weighted by atomic mass is 35.5. The first-order valence-corrected chi connectivity index (χ1v) is 7.71. The van der Waals surface area contributed by atoms with Gasteiger partial charge in [-0.2, -0.15) is 13.2 Å². The Morgan fingerprint density at radius 1 is 1.15 bits per heavy atom. The number of rotatable bonds is 7. The van der Waals surface area contributed by atoms with Gasteiger partial charge >= 0.3 is 6.18 Å². The Morgan fingerprint density at radius 2 is 1.78 bits per heavy atom. The van der Waals surface area contributed by atoms with Gasteiger partial charge in [-0.25, -0.2) is 4.39 Å². The second kappa shape index (κ2) is 9.31. The first-order valence-electron chi connectivity index (χ1n) is 7.33. The van der Waals surface area contributed by atoms with E-state index >= 15 is 0 Å². The molecule has 0 atom stereocenters. The maximum Gasteiger partial charge on any atom is 0.389 e. The number of halogens is 5. The van der Waals surface area contributed by atoms with Gasteiger partial charge in [-0.3, -0.25) is 19.2 Å². The predicted molar refractivity (Wildman–Crippen MR) is 86.7 cm³/mol. The maximum atomic E-state index is 13.6. The molecule has 1 rings (SSSR count). The van der Waals surface area contributed by atoms with E-state index in [-0.39, 0.29) is 0 Å². The number of likely N-dealkylation sites (N-methyl/N-ethyl adjacent to an activating group) is 1. The predicted octanol–water partition coefficient (Wildman–Crippen LogP) is 1.80. The summed E-state index contributed by atoms with van der Waals surface area (Å²) in [5, 5.41) is 5.61. The summed E-state index contributed by atoms with van der Waals surface area (Å²) >= 11 is 5.58. The highest BCUT2D eigenvalue weighted by molar-refractivity contribution is 6.37. The summed E-state index contributed by atoms with van der Waals surface area (Å²) in [4.78, 5) is 46.2. The van der Waals surface area contributed by atoms with E-state index < -0.39 is 71.2 Å². The molecule has 0 radical (unpaired) electrons. The fourth-order valence-electron chi connectivity index (χ4n) is 1.78. The van der Waals surface area contributed by atoms with Crippen LogP contribution in [0.15, 0.2) is 12.1 Å². The number of Topliss-reactive ketones (excluding diaryl/α,β-unsaturated/α-hetero) is 1. The van der Waals surface area contributed by atoms with Gasteiger partial charge in [-0.15, -0.1) is 0 Å². The fraction of sp³-hybridized carbons (Fsp3) is 0.333. The molecule has 0 heterocycles. The van der Waals surface area contributed by atoms with E-state index in [9.17, 15) is 36.7 Å². The van der Waals surface area contributed by atoms with Crippen LogP contribution in [0.1, 0.15) is 23.2 Å². The Hall–Kier alpha value is -2.69. The number of nitrogens with one attached hydrogen (secondary N) is 3. The van der Waals surface area contributed by atoms with E-state index in [2.05, 4.69) is 5.32 Å². The highest BCUT2D eigenvalue weighted by Gasteiger charge is 2.28. The van der Waals surface area contributed by atoms with Crippen molar-refractivity contribution in [2.24, 2.45) is 0 Å². The summed E-state index contributed by atoms with van der Waals surface area (Å²) < 4.78 is 50.1. The molecule has 7 nitrogen and oxygen atoms in total. The molecular formula is C15H14ClF4N3O4. The Bertz CT molecular complexity index is 768. The number of anilines is 1. The third kappa shape index (κ3) is 7.21. The Labute approximate surface area is 155 Å². The number of ketones is 1. The van der Waals surface area contributed by atoms with Gasteiger partial charge in [0.25, 0.3) is 11.8 Å². The number of hydrogen-bond donors (Lipinski definition) is 3. The molecule has 1 aromatic rings. The summed E-state index contributed by atoms with van der Waals surface area (Å²) in [5.74, 6) is -5.08. The van der Waals surface area contributed by atoms with Crippen LogP contribution in [-0.4, -0.2) is 43.3 Å². The van der Waals surface area contributed by atoms with Gasteiger partial charge in [0.2, 0.25) is 11.7 Å². The van der Waals surface area contributed by atoms with Crippen molar-refractivity contribution < 1.29 is 36.7 Å². The van der Waals surface area contributed by atoms with Crippen molar-refractivity contribution >= 4 is 40.8 Å². The van der Waals surface area contributed by atoms with E-state index in [0.29, 0.717) is 6.07 Å². The van der Waals surface area contributed by atoms with Crippen molar-refractivity contribution in [3.05, 3.63) is 28.5 Å². The van der Waals surface area contributed by atoms with Crippen LogP contribution in [0, 0.1) is 5.82 Å². The molecule has 0 aromatic heterocycles. The molecule has 1 aromatic carbocycles. The molecule has 3 N–H and O–H groups in total. The lowest BCUT2D eigenvalue weighted by atomic mass is 10.1. The molecule has 27 heavy (non-hydrogen) atoms. The van der Waals surface area contributed by atoms with Gasteiger partial charge in [0.15, 0.2) is 0 Å². The van der Waals surface area contributed by atoms with Crippen molar-refractivity contribution in [3.63, 3.8) is 0 Å². The molecule has 12 heteroatoms. The zero-order valence-electron chi connectivity index (χ0n) is 13.8. The molecule has 0 aliphatic heterocycles. The van der Waals surface area contributed by atoms with Crippen molar-refractivity contribution in [2.75, 3.05) is 18.9 Å². The van der Waals surface area contributed by atoms with Crippen molar-refractivity contribution in [3.8, 4) is 0 Å². The average molecular weight is 412 g/mol. The molecule has 0 unspecified atom stereocenters. The number of hydrogen-bond acceptors (Lipinski definition) is 4. The van der Waals surface area contributed by atoms with Crippen LogP contribution < -0.4 is 16.0 Å². The zero-order chi connectivity index (χ0) is 20.8. The normalized spacial score (nSPS) is 10.9. The topological polar surface area (TPSA) is 104 Å². The van der Waals surface area contributed by atoms with E-state index in [1.165, 1.54) is 7.05 Å². The molecule has 0 aliphatic rings. The highest BCUT2D eigenvalue weighted by Crippen LogP contribution is 2.26. The van der Waals surface area contributed by atoms with E-state index in [1.807, 2.05) is 10.6 Å². The van der Waals surface area contributed by atoms with Crippen LogP contribution in [0.5, 0.6) is 0 Å². The molecule has 3 amide bonds. The minimum Gasteiger partial charge on any atom is -0.353 e. The number of benzene rings is 1. The van der Waals surface area contributed by atoms with Gasteiger partial charge in [-0.05, 0) is 12.1 Å². The molecule has 0 fully saturated rings. The van der Waals surface area contributed by atoms with Crippen LogP contribution in [-0.2, 0) is 14.4 Å². The second-order valence-electron chi connectivity index (χ2n) is 5.16. The van der Waals surface area contributed by atoms with Gasteiger partial charge in [0.05, 0.1) is 29.2 Å². The lowest BCUT2D eigenvalue weighted by molar-refractivity contribution is -0.142. The number of amides is 3. The summed E-state index contributed by atoms with van der Waals surface area (Å²) in [7, 11) is 1.20. The molecule has 0 saturated heterocycles. The number of carbonyl (C=O) groups excluding carboxylic acids is 4. The Kier molecular flexibility index (Phi) is 7.70. The Morgan fingerprint density at radius 3 is 2.33 bits per heavy atom. The van der Waals surface area contributed by atoms with Crippen LogP contribution in [0.2, 0.25) is 5.02 Å². The zero-order valence-corrected chi connectivity index (χ0v) is 14.6. The lowest BCUT2D eigenvalue weighted by Crippen LogP contribution is -2.38. The first kappa shape index (κ1) is 22.4. The summed E-state index contributed by atoms with van der Waals surface area (Å²) in [6, 6.07) is 1.49. The van der Waals surface area contributed by atoms with Gasteiger partial charge in [-0.1, -0.05) is 11.6 Å². The molecule has 0 saturated carbocycles. The van der Waals surface area contributed by atoms with Crippen LogP contribution >= 0.6 is 11.6 Å². The average Bonchev–Trinajstić information content (AvgIpc) is 2.59.